The fourth-order valence-electron chi connectivity index (χ4n) is 1.26. The summed E-state index contributed by atoms with van der Waals surface area (Å²) in [6, 6.07) is 9.99. The van der Waals surface area contributed by atoms with Crippen LogP contribution in [0.15, 0.2) is 24.3 Å². The minimum absolute atomic E-state index is 0.128. The third kappa shape index (κ3) is 3.07. The van der Waals surface area contributed by atoms with Crippen molar-refractivity contribution in [3.8, 4) is 6.07 Å². The molecule has 0 aromatic heterocycles. The first-order valence-corrected chi connectivity index (χ1v) is 5.14. The molecule has 1 aromatic rings. The van der Waals surface area contributed by atoms with Crippen LogP contribution in [0.4, 0.5) is 0 Å². The number of hydrogen-bond donors (Lipinski definition) is 0. The second kappa shape index (κ2) is 4.46. The molecule has 1 aromatic carbocycles. The molecule has 0 atom stereocenters. The molecule has 0 radical (unpaired) electrons. The summed E-state index contributed by atoms with van der Waals surface area (Å²) < 4.78 is 0. The molecule has 0 N–H and O–H groups in total. The van der Waals surface area contributed by atoms with Crippen LogP contribution in [0.3, 0.4) is 0 Å². The Morgan fingerprint density at radius 3 is 2.40 bits per heavy atom. The molecule has 15 heavy (non-hydrogen) atoms. The van der Waals surface area contributed by atoms with Gasteiger partial charge in [0, 0.05) is 12.1 Å². The summed E-state index contributed by atoms with van der Waals surface area (Å²) in [4.78, 5) is 2.24. The SMILES string of the molecule is CN(Cc1ccccc1C#N)C(C)(C)C. The highest BCUT2D eigenvalue weighted by atomic mass is 15.1. The van der Waals surface area contributed by atoms with Crippen LogP contribution >= 0.6 is 0 Å². The fourth-order valence-corrected chi connectivity index (χ4v) is 1.26. The first-order valence-electron chi connectivity index (χ1n) is 5.14. The standard InChI is InChI=1S/C13H18N2/c1-13(2,3)15(4)10-12-8-6-5-7-11(12)9-14/h5-8H,10H2,1-4H3. The van der Waals surface area contributed by atoms with Gasteiger partial charge in [-0.2, -0.15) is 5.26 Å². The molecular weight excluding hydrogens is 184 g/mol. The molecular formula is C13H18N2. The van der Waals surface area contributed by atoms with Crippen LogP contribution in [0.25, 0.3) is 0 Å². The summed E-state index contributed by atoms with van der Waals surface area (Å²) in [7, 11) is 2.08. The maximum Gasteiger partial charge on any atom is 0.0995 e. The minimum atomic E-state index is 0.128. The Kier molecular flexibility index (Phi) is 3.49. The van der Waals surface area contributed by atoms with Gasteiger partial charge < -0.3 is 0 Å². The lowest BCUT2D eigenvalue weighted by molar-refractivity contribution is 0.167. The molecule has 2 nitrogen and oxygen atoms in total. The highest BCUT2D eigenvalue weighted by Gasteiger charge is 2.17. The summed E-state index contributed by atoms with van der Waals surface area (Å²) in [5.74, 6) is 0. The number of nitriles is 1. The first-order chi connectivity index (χ1) is 6.95. The Balaban J connectivity index is 2.86. The predicted molar refractivity (Wildman–Crippen MR) is 62.4 cm³/mol. The number of benzene rings is 1. The molecule has 0 saturated carbocycles. The summed E-state index contributed by atoms with van der Waals surface area (Å²) in [6.45, 7) is 7.32. The van der Waals surface area contributed by atoms with Crippen LogP contribution in [0.5, 0.6) is 0 Å². The lowest BCUT2D eigenvalue weighted by atomic mass is 10.0. The second-order valence-electron chi connectivity index (χ2n) is 4.80. The van der Waals surface area contributed by atoms with Gasteiger partial charge in [-0.3, -0.25) is 4.90 Å². The van der Waals surface area contributed by atoms with E-state index in [1.807, 2.05) is 24.3 Å². The fraction of sp³-hybridized carbons (Fsp3) is 0.462. The smallest absolute Gasteiger partial charge is 0.0995 e. The van der Waals surface area contributed by atoms with E-state index in [0.717, 1.165) is 17.7 Å². The van der Waals surface area contributed by atoms with E-state index in [1.54, 1.807) is 0 Å². The molecule has 0 fully saturated rings. The van der Waals surface area contributed by atoms with E-state index < -0.39 is 0 Å². The van der Waals surface area contributed by atoms with Crippen molar-refractivity contribution in [2.45, 2.75) is 32.9 Å². The van der Waals surface area contributed by atoms with Crippen molar-refractivity contribution in [1.82, 2.24) is 4.90 Å². The Morgan fingerprint density at radius 2 is 1.87 bits per heavy atom. The Bertz CT molecular complexity index is 369. The molecule has 80 valence electrons. The maximum atomic E-state index is 8.97. The van der Waals surface area contributed by atoms with Crippen LogP contribution in [0, 0.1) is 11.3 Å². The Morgan fingerprint density at radius 1 is 1.27 bits per heavy atom. The van der Waals surface area contributed by atoms with E-state index in [2.05, 4.69) is 38.8 Å². The largest absolute Gasteiger partial charge is 0.297 e. The average Bonchev–Trinajstić information content (AvgIpc) is 2.17. The zero-order valence-electron chi connectivity index (χ0n) is 9.91. The molecule has 0 amide bonds. The average molecular weight is 202 g/mol. The Labute approximate surface area is 92.1 Å². The van der Waals surface area contributed by atoms with Gasteiger partial charge in [-0.05, 0) is 39.4 Å². The zero-order valence-corrected chi connectivity index (χ0v) is 9.91. The van der Waals surface area contributed by atoms with Crippen molar-refractivity contribution in [2.24, 2.45) is 0 Å². The van der Waals surface area contributed by atoms with Crippen LogP contribution in [0.1, 0.15) is 31.9 Å². The molecule has 0 heterocycles. The monoisotopic (exact) mass is 202 g/mol. The predicted octanol–water partition coefficient (Wildman–Crippen LogP) is 2.79. The highest BCUT2D eigenvalue weighted by Crippen LogP contribution is 2.16. The van der Waals surface area contributed by atoms with E-state index in [4.69, 9.17) is 5.26 Å². The van der Waals surface area contributed by atoms with Gasteiger partial charge in [0.2, 0.25) is 0 Å². The van der Waals surface area contributed by atoms with Gasteiger partial charge in [-0.1, -0.05) is 18.2 Å². The number of rotatable bonds is 2. The van der Waals surface area contributed by atoms with Gasteiger partial charge >= 0.3 is 0 Å². The van der Waals surface area contributed by atoms with Crippen LogP contribution in [0.2, 0.25) is 0 Å². The van der Waals surface area contributed by atoms with Gasteiger partial charge in [-0.25, -0.2) is 0 Å². The van der Waals surface area contributed by atoms with Gasteiger partial charge in [0.15, 0.2) is 0 Å². The highest BCUT2D eigenvalue weighted by molar-refractivity contribution is 5.37. The zero-order chi connectivity index (χ0) is 11.5. The minimum Gasteiger partial charge on any atom is -0.297 e. The molecule has 1 rings (SSSR count). The second-order valence-corrected chi connectivity index (χ2v) is 4.80. The van der Waals surface area contributed by atoms with Gasteiger partial charge in [0.25, 0.3) is 0 Å². The third-order valence-electron chi connectivity index (χ3n) is 2.69. The molecule has 0 aliphatic rings. The number of hydrogen-bond acceptors (Lipinski definition) is 2. The van der Waals surface area contributed by atoms with E-state index in [1.165, 1.54) is 0 Å². The van der Waals surface area contributed by atoms with Crippen molar-refractivity contribution >= 4 is 0 Å². The van der Waals surface area contributed by atoms with Crippen molar-refractivity contribution < 1.29 is 0 Å². The molecule has 0 spiro atoms. The third-order valence-corrected chi connectivity index (χ3v) is 2.69. The molecule has 0 aliphatic carbocycles. The normalized spacial score (nSPS) is 11.5. The van der Waals surface area contributed by atoms with E-state index in [9.17, 15) is 0 Å². The van der Waals surface area contributed by atoms with Gasteiger partial charge in [-0.15, -0.1) is 0 Å². The summed E-state index contributed by atoms with van der Waals surface area (Å²) in [6.07, 6.45) is 0. The summed E-state index contributed by atoms with van der Waals surface area (Å²) in [5.41, 5.74) is 1.99. The summed E-state index contributed by atoms with van der Waals surface area (Å²) in [5, 5.41) is 8.97. The lowest BCUT2D eigenvalue weighted by Gasteiger charge is -2.32. The van der Waals surface area contributed by atoms with Gasteiger partial charge in [0.05, 0.1) is 11.6 Å². The topological polar surface area (TPSA) is 27.0 Å². The number of nitrogens with zero attached hydrogens (tertiary/aromatic N) is 2. The van der Waals surface area contributed by atoms with Crippen molar-refractivity contribution in [2.75, 3.05) is 7.05 Å². The van der Waals surface area contributed by atoms with Crippen LogP contribution < -0.4 is 0 Å². The van der Waals surface area contributed by atoms with E-state index in [0.29, 0.717) is 0 Å². The molecule has 0 aliphatic heterocycles. The van der Waals surface area contributed by atoms with E-state index >= 15 is 0 Å². The molecule has 0 saturated heterocycles. The maximum absolute atomic E-state index is 8.97. The molecule has 2 heteroatoms. The van der Waals surface area contributed by atoms with Crippen LogP contribution in [-0.2, 0) is 6.54 Å². The van der Waals surface area contributed by atoms with Crippen molar-refractivity contribution in [1.29, 1.82) is 5.26 Å². The van der Waals surface area contributed by atoms with Crippen LogP contribution in [-0.4, -0.2) is 17.5 Å². The molecule has 0 unspecified atom stereocenters. The van der Waals surface area contributed by atoms with Crippen molar-refractivity contribution in [3.05, 3.63) is 35.4 Å². The lowest BCUT2D eigenvalue weighted by Crippen LogP contribution is -2.37. The Hall–Kier alpha value is -1.33. The van der Waals surface area contributed by atoms with Crippen molar-refractivity contribution in [3.63, 3.8) is 0 Å². The first kappa shape index (κ1) is 11.7. The van der Waals surface area contributed by atoms with Gasteiger partial charge in [0.1, 0.15) is 0 Å². The van der Waals surface area contributed by atoms with E-state index in [-0.39, 0.29) is 5.54 Å². The quantitative estimate of drug-likeness (QED) is 0.737. The summed E-state index contributed by atoms with van der Waals surface area (Å²) >= 11 is 0. The molecule has 0 bridgehead atoms.